The molecule has 0 N–H and O–H groups in total. The van der Waals surface area contributed by atoms with E-state index in [-0.39, 0.29) is 17.7 Å². The number of carbonyl (C=O) groups is 2. The van der Waals surface area contributed by atoms with E-state index in [1.165, 1.54) is 4.90 Å². The number of imide groups is 1. The van der Waals surface area contributed by atoms with Gasteiger partial charge < -0.3 is 4.74 Å². The Labute approximate surface area is 208 Å². The van der Waals surface area contributed by atoms with Crippen molar-refractivity contribution in [2.45, 2.75) is 13.2 Å². The molecule has 3 aromatic rings. The number of rotatable bonds is 6. The van der Waals surface area contributed by atoms with Crippen LogP contribution in [0.4, 0.5) is 4.79 Å². The summed E-state index contributed by atoms with van der Waals surface area (Å²) in [5, 5.41) is 0.688. The molecule has 8 heteroatoms. The number of thioether (sulfide) groups is 1. The van der Waals surface area contributed by atoms with Gasteiger partial charge in [0.05, 0.1) is 20.9 Å². The summed E-state index contributed by atoms with van der Waals surface area (Å²) in [7, 11) is 0. The van der Waals surface area contributed by atoms with E-state index in [0.29, 0.717) is 37.3 Å². The minimum absolute atomic E-state index is 0.190. The zero-order chi connectivity index (χ0) is 22.7. The van der Waals surface area contributed by atoms with Gasteiger partial charge in [0.1, 0.15) is 6.61 Å². The van der Waals surface area contributed by atoms with Gasteiger partial charge in [-0.1, -0.05) is 65.7 Å². The molecule has 0 spiro atoms. The van der Waals surface area contributed by atoms with E-state index in [1.807, 2.05) is 30.3 Å². The molecule has 0 atom stereocenters. The van der Waals surface area contributed by atoms with Crippen molar-refractivity contribution in [1.29, 1.82) is 0 Å². The van der Waals surface area contributed by atoms with Crippen LogP contribution in [-0.2, 0) is 17.9 Å². The fraction of sp³-hybridized carbons (Fsp3) is 0.0833. The molecular formula is C24H16BrCl2NO3S. The smallest absolute Gasteiger partial charge is 0.293 e. The molecule has 1 heterocycles. The van der Waals surface area contributed by atoms with Crippen LogP contribution in [0.1, 0.15) is 16.7 Å². The van der Waals surface area contributed by atoms with Crippen molar-refractivity contribution >= 4 is 68.1 Å². The molecule has 0 saturated carbocycles. The Kier molecular flexibility index (Phi) is 7.26. The van der Waals surface area contributed by atoms with Gasteiger partial charge in [-0.15, -0.1) is 0 Å². The van der Waals surface area contributed by atoms with Crippen LogP contribution in [-0.4, -0.2) is 16.0 Å². The van der Waals surface area contributed by atoms with Gasteiger partial charge in [-0.05, 0) is 74.7 Å². The van der Waals surface area contributed by atoms with E-state index in [1.54, 1.807) is 42.5 Å². The van der Waals surface area contributed by atoms with Crippen molar-refractivity contribution in [3.63, 3.8) is 0 Å². The summed E-state index contributed by atoms with van der Waals surface area (Å²) in [5.41, 5.74) is 2.53. The van der Waals surface area contributed by atoms with Crippen LogP contribution >= 0.6 is 50.9 Å². The Morgan fingerprint density at radius 2 is 1.69 bits per heavy atom. The molecule has 3 aromatic carbocycles. The number of carbonyl (C=O) groups excluding carboxylic acids is 2. The van der Waals surface area contributed by atoms with E-state index in [9.17, 15) is 9.59 Å². The van der Waals surface area contributed by atoms with Gasteiger partial charge in [-0.2, -0.15) is 0 Å². The van der Waals surface area contributed by atoms with E-state index in [4.69, 9.17) is 27.9 Å². The highest BCUT2D eigenvalue weighted by atomic mass is 79.9. The first-order valence-electron chi connectivity index (χ1n) is 9.56. The summed E-state index contributed by atoms with van der Waals surface area (Å²) >= 11 is 16.7. The van der Waals surface area contributed by atoms with Gasteiger partial charge in [0.2, 0.25) is 0 Å². The SMILES string of the molecule is O=C1S/C(=C/c2cc(Cl)c(OCc3ccccc3)c(Br)c2)C(=O)N1Cc1ccc(Cl)cc1. The molecule has 4 nitrogen and oxygen atoms in total. The second-order valence-corrected chi connectivity index (χ2v) is 9.67. The van der Waals surface area contributed by atoms with E-state index >= 15 is 0 Å². The molecule has 162 valence electrons. The predicted octanol–water partition coefficient (Wildman–Crippen LogP) is 7.57. The number of amides is 2. The quantitative estimate of drug-likeness (QED) is 0.298. The third-order valence-corrected chi connectivity index (χ3v) is 6.70. The highest BCUT2D eigenvalue weighted by Gasteiger charge is 2.35. The molecule has 0 unspecified atom stereocenters. The molecule has 0 aliphatic carbocycles. The normalized spacial score (nSPS) is 15.0. The maximum atomic E-state index is 12.8. The first-order valence-corrected chi connectivity index (χ1v) is 11.9. The standard InChI is InChI=1S/C24H16BrCl2NO3S/c25-19-10-17(11-20(27)22(19)31-14-16-4-2-1-3-5-16)12-21-23(29)28(24(30)32-21)13-15-6-8-18(26)9-7-15/h1-12H,13-14H2/b21-12+. The molecular weight excluding hydrogens is 533 g/mol. The van der Waals surface area contributed by atoms with Crippen LogP contribution in [0.25, 0.3) is 6.08 Å². The van der Waals surface area contributed by atoms with Crippen LogP contribution in [0.3, 0.4) is 0 Å². The van der Waals surface area contributed by atoms with Crippen LogP contribution in [0.2, 0.25) is 10.0 Å². The Bertz CT molecular complexity index is 1180. The van der Waals surface area contributed by atoms with Crippen molar-refractivity contribution in [2.24, 2.45) is 0 Å². The van der Waals surface area contributed by atoms with Gasteiger partial charge in [0.15, 0.2) is 5.75 Å². The average molecular weight is 549 g/mol. The van der Waals surface area contributed by atoms with Gasteiger partial charge in [0.25, 0.3) is 11.1 Å². The van der Waals surface area contributed by atoms with E-state index in [0.717, 1.165) is 22.9 Å². The molecule has 0 bridgehead atoms. The zero-order valence-corrected chi connectivity index (χ0v) is 20.5. The second-order valence-electron chi connectivity index (χ2n) is 6.98. The van der Waals surface area contributed by atoms with Crippen LogP contribution in [0.5, 0.6) is 5.75 Å². The Balaban J connectivity index is 1.50. The highest BCUT2D eigenvalue weighted by molar-refractivity contribution is 9.10. The van der Waals surface area contributed by atoms with Gasteiger partial charge in [-0.3, -0.25) is 14.5 Å². The zero-order valence-electron chi connectivity index (χ0n) is 16.6. The summed E-state index contributed by atoms with van der Waals surface area (Å²) in [6.45, 7) is 0.567. The number of halogens is 3. The lowest BCUT2D eigenvalue weighted by atomic mass is 10.2. The Hall–Kier alpha value is -2.25. The third kappa shape index (κ3) is 5.38. The topological polar surface area (TPSA) is 46.6 Å². The van der Waals surface area contributed by atoms with Crippen molar-refractivity contribution in [3.05, 3.63) is 103 Å². The summed E-state index contributed by atoms with van der Waals surface area (Å²) in [5.74, 6) is 0.176. The molecule has 1 saturated heterocycles. The van der Waals surface area contributed by atoms with Crippen LogP contribution < -0.4 is 4.74 Å². The molecule has 32 heavy (non-hydrogen) atoms. The predicted molar refractivity (Wildman–Crippen MR) is 133 cm³/mol. The minimum Gasteiger partial charge on any atom is -0.486 e. The lowest BCUT2D eigenvalue weighted by Crippen LogP contribution is -2.27. The van der Waals surface area contributed by atoms with Crippen molar-refractivity contribution < 1.29 is 14.3 Å². The molecule has 1 aliphatic heterocycles. The largest absolute Gasteiger partial charge is 0.486 e. The summed E-state index contributed by atoms with van der Waals surface area (Å²) in [4.78, 5) is 26.8. The van der Waals surface area contributed by atoms with E-state index < -0.39 is 0 Å². The van der Waals surface area contributed by atoms with Gasteiger partial charge >= 0.3 is 0 Å². The monoisotopic (exact) mass is 547 g/mol. The molecule has 2 amide bonds. The highest BCUT2D eigenvalue weighted by Crippen LogP contribution is 2.38. The van der Waals surface area contributed by atoms with Crippen molar-refractivity contribution in [1.82, 2.24) is 4.90 Å². The first-order chi connectivity index (χ1) is 15.4. The maximum Gasteiger partial charge on any atom is 0.293 e. The number of hydrogen-bond donors (Lipinski definition) is 0. The third-order valence-electron chi connectivity index (χ3n) is 4.67. The number of ether oxygens (including phenoxy) is 1. The first kappa shape index (κ1) is 22.9. The summed E-state index contributed by atoms with van der Waals surface area (Å²) in [6.07, 6.45) is 1.66. The molecule has 4 rings (SSSR count). The fourth-order valence-electron chi connectivity index (χ4n) is 3.09. The summed E-state index contributed by atoms with van der Waals surface area (Å²) < 4.78 is 6.53. The Morgan fingerprint density at radius 1 is 0.969 bits per heavy atom. The molecule has 1 fully saturated rings. The second kappa shape index (κ2) is 10.1. The number of hydrogen-bond acceptors (Lipinski definition) is 4. The summed E-state index contributed by atoms with van der Waals surface area (Å²) in [6, 6.07) is 20.3. The van der Waals surface area contributed by atoms with Crippen LogP contribution in [0, 0.1) is 0 Å². The van der Waals surface area contributed by atoms with Gasteiger partial charge in [-0.25, -0.2) is 0 Å². The lowest BCUT2D eigenvalue weighted by molar-refractivity contribution is -0.123. The minimum atomic E-state index is -0.341. The molecule has 1 aliphatic rings. The molecule has 0 aromatic heterocycles. The van der Waals surface area contributed by atoms with Crippen molar-refractivity contribution in [2.75, 3.05) is 0 Å². The van der Waals surface area contributed by atoms with Crippen molar-refractivity contribution in [3.8, 4) is 5.75 Å². The maximum absolute atomic E-state index is 12.8. The Morgan fingerprint density at radius 3 is 2.38 bits per heavy atom. The molecule has 0 radical (unpaired) electrons. The average Bonchev–Trinajstić information content (AvgIpc) is 3.02. The number of benzene rings is 3. The van der Waals surface area contributed by atoms with Gasteiger partial charge in [0, 0.05) is 5.02 Å². The fourth-order valence-corrected chi connectivity index (χ4v) is 5.04. The number of nitrogens with zero attached hydrogens (tertiary/aromatic N) is 1. The van der Waals surface area contributed by atoms with Crippen LogP contribution in [0.15, 0.2) is 76.1 Å². The lowest BCUT2D eigenvalue weighted by Gasteiger charge is -2.12. The van der Waals surface area contributed by atoms with E-state index in [2.05, 4.69) is 15.9 Å².